The fraction of sp³-hybridized carbons (Fsp3) is 0.417. The second kappa shape index (κ2) is 5.95. The molecule has 122 valence electrons. The van der Waals surface area contributed by atoms with Crippen molar-refractivity contribution in [2.45, 2.75) is 41.6 Å². The number of rotatable bonds is 7. The number of carboxylic acid groups (broad SMARTS) is 1. The predicted octanol–water partition coefficient (Wildman–Crippen LogP) is -0.121. The third-order valence-electron chi connectivity index (χ3n) is 3.03. The summed E-state index contributed by atoms with van der Waals surface area (Å²) < 4.78 is 53.3. The van der Waals surface area contributed by atoms with Crippen molar-refractivity contribution in [3.63, 3.8) is 0 Å². The van der Waals surface area contributed by atoms with Crippen molar-refractivity contribution in [1.82, 2.24) is 9.44 Å². The highest BCUT2D eigenvalue weighted by Gasteiger charge is 2.32. The average Bonchev–Trinajstić information content (AvgIpc) is 3.21. The van der Waals surface area contributed by atoms with E-state index in [1.54, 1.807) is 0 Å². The molecular weight excluding hydrogens is 332 g/mol. The quantitative estimate of drug-likeness (QED) is 0.630. The first-order chi connectivity index (χ1) is 10.1. The highest BCUT2D eigenvalue weighted by Crippen LogP contribution is 2.25. The van der Waals surface area contributed by atoms with Gasteiger partial charge in [0.1, 0.15) is 15.8 Å². The lowest BCUT2D eigenvalue weighted by atomic mass is 10.4. The molecule has 3 N–H and O–H groups in total. The minimum Gasteiger partial charge on any atom is -0.480 e. The Morgan fingerprint density at radius 1 is 1.14 bits per heavy atom. The summed E-state index contributed by atoms with van der Waals surface area (Å²) in [6.07, 6.45) is 1.42. The van der Waals surface area contributed by atoms with Gasteiger partial charge in [0.05, 0.1) is 0 Å². The first-order valence-electron chi connectivity index (χ1n) is 6.50. The maximum Gasteiger partial charge on any atom is 0.321 e. The molecule has 1 fully saturated rings. The van der Waals surface area contributed by atoms with E-state index in [2.05, 4.69) is 4.72 Å². The second-order valence-electron chi connectivity index (χ2n) is 5.02. The molecule has 0 bridgehead atoms. The summed E-state index contributed by atoms with van der Waals surface area (Å²) in [6.45, 7) is 1.15. The van der Waals surface area contributed by atoms with Gasteiger partial charge in [0.15, 0.2) is 0 Å². The van der Waals surface area contributed by atoms with Crippen molar-refractivity contribution in [1.29, 1.82) is 0 Å². The largest absolute Gasteiger partial charge is 0.480 e. The zero-order valence-electron chi connectivity index (χ0n) is 11.7. The topological polar surface area (TPSA) is 130 Å². The van der Waals surface area contributed by atoms with Crippen LogP contribution in [0.3, 0.4) is 0 Å². The Labute approximate surface area is 128 Å². The van der Waals surface area contributed by atoms with Gasteiger partial charge in [-0.3, -0.25) is 4.79 Å². The number of carboxylic acids is 1. The summed E-state index contributed by atoms with van der Waals surface area (Å²) >= 11 is 0. The molecule has 0 unspecified atom stereocenters. The minimum atomic E-state index is -4.28. The monoisotopic (exact) mass is 348 g/mol. The van der Waals surface area contributed by atoms with E-state index in [1.807, 2.05) is 4.72 Å². The van der Waals surface area contributed by atoms with Crippen molar-refractivity contribution in [2.75, 3.05) is 0 Å². The second-order valence-corrected chi connectivity index (χ2v) is 8.39. The van der Waals surface area contributed by atoms with Crippen LogP contribution in [0.5, 0.6) is 0 Å². The number of hydrogen-bond acceptors (Lipinski definition) is 5. The fourth-order valence-electron chi connectivity index (χ4n) is 1.72. The van der Waals surface area contributed by atoms with E-state index in [0.717, 1.165) is 13.0 Å². The number of benzene rings is 1. The minimum absolute atomic E-state index is 0.174. The van der Waals surface area contributed by atoms with Crippen molar-refractivity contribution in [3.8, 4) is 0 Å². The predicted molar refractivity (Wildman–Crippen MR) is 77.2 cm³/mol. The molecule has 0 amide bonds. The van der Waals surface area contributed by atoms with Crippen LogP contribution in [-0.4, -0.2) is 40.0 Å². The Hall–Kier alpha value is -1.49. The van der Waals surface area contributed by atoms with Crippen molar-refractivity contribution >= 4 is 26.0 Å². The Balaban J connectivity index is 2.41. The Bertz CT molecular complexity index is 784. The van der Waals surface area contributed by atoms with Crippen LogP contribution < -0.4 is 9.44 Å². The molecule has 1 aromatic rings. The standard InChI is InChI=1S/C12H16N2O6S2/c1-8(12(15)16)13-21(17,18)10-4-2-3-5-11(10)22(19,20)14-9-6-7-9/h2-5,8-9,13-14H,6-7H2,1H3,(H,15,16)/t8-/m0/s1. The van der Waals surface area contributed by atoms with E-state index >= 15 is 0 Å². The SMILES string of the molecule is C[C@H](NS(=O)(=O)c1ccccc1S(=O)(=O)NC1CC1)C(=O)O. The normalized spacial score (nSPS) is 17.1. The lowest BCUT2D eigenvalue weighted by Crippen LogP contribution is -2.39. The Morgan fingerprint density at radius 3 is 2.09 bits per heavy atom. The molecule has 1 aliphatic carbocycles. The smallest absolute Gasteiger partial charge is 0.321 e. The summed E-state index contributed by atoms with van der Waals surface area (Å²) in [7, 11) is -8.27. The Morgan fingerprint density at radius 2 is 1.64 bits per heavy atom. The van der Waals surface area contributed by atoms with Gasteiger partial charge in [-0.25, -0.2) is 21.6 Å². The molecular formula is C12H16N2O6S2. The van der Waals surface area contributed by atoms with E-state index in [0.29, 0.717) is 12.8 Å². The molecule has 0 saturated heterocycles. The van der Waals surface area contributed by atoms with Gasteiger partial charge in [-0.15, -0.1) is 0 Å². The number of sulfonamides is 2. The molecule has 1 aromatic carbocycles. The molecule has 0 aliphatic heterocycles. The molecule has 0 spiro atoms. The van der Waals surface area contributed by atoms with E-state index in [-0.39, 0.29) is 6.04 Å². The zero-order chi connectivity index (χ0) is 16.5. The van der Waals surface area contributed by atoms with Crippen molar-refractivity contribution < 1.29 is 26.7 Å². The van der Waals surface area contributed by atoms with Crippen LogP contribution in [0.1, 0.15) is 19.8 Å². The summed E-state index contributed by atoms with van der Waals surface area (Å²) in [5.41, 5.74) is 0. The fourth-order valence-corrected chi connectivity index (χ4v) is 5.06. The van der Waals surface area contributed by atoms with Gasteiger partial charge >= 0.3 is 5.97 Å². The third kappa shape index (κ3) is 3.83. The molecule has 1 saturated carbocycles. The van der Waals surface area contributed by atoms with Gasteiger partial charge in [-0.2, -0.15) is 4.72 Å². The summed E-state index contributed by atoms with van der Waals surface area (Å²) in [4.78, 5) is 9.91. The maximum atomic E-state index is 12.3. The number of hydrogen-bond donors (Lipinski definition) is 3. The van der Waals surface area contributed by atoms with Gasteiger partial charge in [-0.1, -0.05) is 12.1 Å². The van der Waals surface area contributed by atoms with Crippen LogP contribution in [-0.2, 0) is 24.8 Å². The number of nitrogens with one attached hydrogen (secondary N) is 2. The van der Waals surface area contributed by atoms with E-state index in [4.69, 9.17) is 5.11 Å². The molecule has 1 aliphatic rings. The van der Waals surface area contributed by atoms with Crippen LogP contribution in [0.15, 0.2) is 34.1 Å². The maximum absolute atomic E-state index is 12.3. The van der Waals surface area contributed by atoms with Crippen LogP contribution in [0, 0.1) is 0 Å². The van der Waals surface area contributed by atoms with E-state index < -0.39 is 41.8 Å². The number of aliphatic carboxylic acids is 1. The van der Waals surface area contributed by atoms with Gasteiger partial charge in [0.25, 0.3) is 0 Å². The molecule has 0 aromatic heterocycles. The van der Waals surface area contributed by atoms with E-state index in [1.165, 1.54) is 18.2 Å². The highest BCUT2D eigenvalue weighted by molar-refractivity contribution is 7.92. The lowest BCUT2D eigenvalue weighted by Gasteiger charge is -2.14. The first-order valence-corrected chi connectivity index (χ1v) is 9.46. The summed E-state index contributed by atoms with van der Waals surface area (Å²) in [5, 5.41) is 8.79. The zero-order valence-corrected chi connectivity index (χ0v) is 13.3. The molecule has 8 nitrogen and oxygen atoms in total. The van der Waals surface area contributed by atoms with Gasteiger partial charge in [0.2, 0.25) is 20.0 Å². The molecule has 1 atom stereocenters. The molecule has 2 rings (SSSR count). The van der Waals surface area contributed by atoms with Crippen molar-refractivity contribution in [2.24, 2.45) is 0 Å². The van der Waals surface area contributed by atoms with Crippen LogP contribution >= 0.6 is 0 Å². The van der Waals surface area contributed by atoms with Gasteiger partial charge in [-0.05, 0) is 31.9 Å². The van der Waals surface area contributed by atoms with Crippen molar-refractivity contribution in [3.05, 3.63) is 24.3 Å². The molecule has 10 heteroatoms. The summed E-state index contributed by atoms with van der Waals surface area (Å²) in [6, 6.07) is 3.52. The third-order valence-corrected chi connectivity index (χ3v) is 6.34. The molecule has 0 heterocycles. The average molecular weight is 348 g/mol. The van der Waals surface area contributed by atoms with E-state index in [9.17, 15) is 21.6 Å². The number of carbonyl (C=O) groups is 1. The van der Waals surface area contributed by atoms with Crippen LogP contribution in [0.4, 0.5) is 0 Å². The molecule has 0 radical (unpaired) electrons. The Kier molecular flexibility index (Phi) is 4.57. The first kappa shape index (κ1) is 16.9. The molecule has 22 heavy (non-hydrogen) atoms. The summed E-state index contributed by atoms with van der Waals surface area (Å²) in [5.74, 6) is -1.36. The lowest BCUT2D eigenvalue weighted by molar-refractivity contribution is -0.138. The van der Waals surface area contributed by atoms with Crippen LogP contribution in [0.25, 0.3) is 0 Å². The van der Waals surface area contributed by atoms with Crippen LogP contribution in [0.2, 0.25) is 0 Å². The van der Waals surface area contributed by atoms with Gasteiger partial charge in [0, 0.05) is 6.04 Å². The highest BCUT2D eigenvalue weighted by atomic mass is 32.2. The van der Waals surface area contributed by atoms with Gasteiger partial charge < -0.3 is 5.11 Å².